The molecule has 0 fully saturated rings. The molecule has 0 amide bonds. The van der Waals surface area contributed by atoms with Gasteiger partial charge in [0.05, 0.1) is 16.7 Å². The van der Waals surface area contributed by atoms with Crippen LogP contribution in [0.5, 0.6) is 5.75 Å². The molecule has 0 radical (unpaired) electrons. The Hall–Kier alpha value is -1.62. The van der Waals surface area contributed by atoms with Crippen molar-refractivity contribution in [1.82, 2.24) is 4.98 Å². The zero-order valence-corrected chi connectivity index (χ0v) is 10.5. The van der Waals surface area contributed by atoms with Gasteiger partial charge in [-0.2, -0.15) is 0 Å². The molecule has 0 aromatic carbocycles. The quantitative estimate of drug-likeness (QED) is 0.480. The summed E-state index contributed by atoms with van der Waals surface area (Å²) < 4.78 is 61.6. The first kappa shape index (κ1) is 15.4. The SMILES string of the molecule is Cc1c(OC(F)(F)F)cnc(S(=O)(=O)Cl)c1[N+](=O)[O-]. The lowest BCUT2D eigenvalue weighted by Gasteiger charge is -2.11. The number of halogens is 4. The molecule has 1 rings (SSSR count). The van der Waals surface area contributed by atoms with E-state index in [-0.39, 0.29) is 0 Å². The third kappa shape index (κ3) is 3.67. The first-order chi connectivity index (χ1) is 8.43. The third-order valence-corrected chi connectivity index (χ3v) is 3.06. The molecular weight excluding hydrogens is 317 g/mol. The van der Waals surface area contributed by atoms with Crippen molar-refractivity contribution in [2.45, 2.75) is 18.3 Å². The normalized spacial score (nSPS) is 12.3. The van der Waals surface area contributed by atoms with Crippen molar-refractivity contribution in [3.63, 3.8) is 0 Å². The van der Waals surface area contributed by atoms with Gasteiger partial charge in [0, 0.05) is 10.7 Å². The summed E-state index contributed by atoms with van der Waals surface area (Å²) >= 11 is 0. The van der Waals surface area contributed by atoms with E-state index in [1.54, 1.807) is 0 Å². The van der Waals surface area contributed by atoms with E-state index in [2.05, 4.69) is 9.72 Å². The number of pyridine rings is 1. The summed E-state index contributed by atoms with van der Waals surface area (Å²) in [6, 6.07) is 0. The minimum absolute atomic E-state index is 0.394. The third-order valence-electron chi connectivity index (χ3n) is 1.87. The molecule has 0 unspecified atom stereocenters. The number of hydrogen-bond donors (Lipinski definition) is 0. The van der Waals surface area contributed by atoms with Gasteiger partial charge < -0.3 is 4.74 Å². The number of ether oxygens (including phenoxy) is 1. The number of nitrogens with zero attached hydrogens (tertiary/aromatic N) is 2. The molecule has 106 valence electrons. The van der Waals surface area contributed by atoms with Crippen molar-refractivity contribution in [2.75, 3.05) is 0 Å². The maximum Gasteiger partial charge on any atom is 0.573 e. The van der Waals surface area contributed by atoms with Crippen molar-refractivity contribution < 1.29 is 31.2 Å². The van der Waals surface area contributed by atoms with E-state index in [1.807, 2.05) is 0 Å². The summed E-state index contributed by atoms with van der Waals surface area (Å²) in [7, 11) is 0.329. The monoisotopic (exact) mass is 320 g/mol. The van der Waals surface area contributed by atoms with E-state index >= 15 is 0 Å². The molecule has 0 N–H and O–H groups in total. The maximum absolute atomic E-state index is 12.0. The lowest BCUT2D eigenvalue weighted by atomic mass is 10.2. The Morgan fingerprint density at radius 1 is 1.47 bits per heavy atom. The van der Waals surface area contributed by atoms with Gasteiger partial charge in [0.15, 0.2) is 5.75 Å². The van der Waals surface area contributed by atoms with E-state index in [0.29, 0.717) is 6.20 Å². The lowest BCUT2D eigenvalue weighted by molar-refractivity contribution is -0.389. The summed E-state index contributed by atoms with van der Waals surface area (Å²) in [6.45, 7) is 0.881. The zero-order valence-electron chi connectivity index (χ0n) is 8.93. The highest BCUT2D eigenvalue weighted by atomic mass is 35.7. The molecule has 0 spiro atoms. The molecule has 0 aliphatic carbocycles. The molecule has 7 nitrogen and oxygen atoms in total. The van der Waals surface area contributed by atoms with Crippen molar-refractivity contribution in [1.29, 1.82) is 0 Å². The summed E-state index contributed by atoms with van der Waals surface area (Å²) in [5, 5.41) is 9.57. The van der Waals surface area contributed by atoms with E-state index in [4.69, 9.17) is 10.7 Å². The van der Waals surface area contributed by atoms with Gasteiger partial charge in [0.2, 0.25) is 5.03 Å². The second-order valence-corrected chi connectivity index (χ2v) is 5.63. The van der Waals surface area contributed by atoms with Crippen LogP contribution in [0.15, 0.2) is 11.2 Å². The van der Waals surface area contributed by atoms with E-state index in [0.717, 1.165) is 6.92 Å². The van der Waals surface area contributed by atoms with Crippen LogP contribution in [0, 0.1) is 17.0 Å². The Morgan fingerprint density at radius 2 is 2.00 bits per heavy atom. The fourth-order valence-corrected chi connectivity index (χ4v) is 2.15. The molecule has 0 saturated heterocycles. The average molecular weight is 321 g/mol. The standard InChI is InChI=1S/C7H4ClF3N2O5S/c1-3-4(18-7(9,10)11)2-12-6(19(8,16)17)5(3)13(14)15/h2H,1H3. The predicted molar refractivity (Wildman–Crippen MR) is 55.4 cm³/mol. The first-order valence-corrected chi connectivity index (χ1v) is 6.59. The Balaban J connectivity index is 3.54. The molecule has 0 saturated carbocycles. The van der Waals surface area contributed by atoms with Crippen LogP contribution in [0.25, 0.3) is 0 Å². The molecule has 0 aliphatic heterocycles. The van der Waals surface area contributed by atoms with Crippen LogP contribution in [0.4, 0.5) is 18.9 Å². The van der Waals surface area contributed by atoms with Crippen molar-refractivity contribution in [3.05, 3.63) is 21.9 Å². The highest BCUT2D eigenvalue weighted by molar-refractivity contribution is 8.13. The van der Waals surface area contributed by atoms with Crippen LogP contribution in [0.2, 0.25) is 0 Å². The molecule has 1 aromatic rings. The summed E-state index contributed by atoms with van der Waals surface area (Å²) in [4.78, 5) is 12.5. The molecule has 0 bridgehead atoms. The Morgan fingerprint density at radius 3 is 2.37 bits per heavy atom. The van der Waals surface area contributed by atoms with Crippen LogP contribution in [-0.4, -0.2) is 24.7 Å². The number of rotatable bonds is 3. The topological polar surface area (TPSA) is 99.4 Å². The van der Waals surface area contributed by atoms with Crippen LogP contribution in [0.3, 0.4) is 0 Å². The summed E-state index contributed by atoms with van der Waals surface area (Å²) in [5.74, 6) is -0.983. The Bertz CT molecular complexity index is 630. The molecular formula is C7H4ClF3N2O5S. The molecule has 1 heterocycles. The molecule has 0 atom stereocenters. The fraction of sp³-hybridized carbons (Fsp3) is 0.286. The van der Waals surface area contributed by atoms with Gasteiger partial charge >= 0.3 is 12.0 Å². The predicted octanol–water partition coefficient (Wildman–Crippen LogP) is 2.12. The van der Waals surface area contributed by atoms with Gasteiger partial charge in [-0.1, -0.05) is 0 Å². The smallest absolute Gasteiger partial charge is 0.404 e. The van der Waals surface area contributed by atoms with Gasteiger partial charge in [-0.25, -0.2) is 13.4 Å². The van der Waals surface area contributed by atoms with Gasteiger partial charge in [0.1, 0.15) is 0 Å². The molecule has 0 aliphatic rings. The fourth-order valence-electron chi connectivity index (χ4n) is 1.17. The van der Waals surface area contributed by atoms with Crippen LogP contribution in [-0.2, 0) is 9.05 Å². The van der Waals surface area contributed by atoms with Crippen LogP contribution < -0.4 is 4.74 Å². The van der Waals surface area contributed by atoms with Crippen molar-refractivity contribution in [2.24, 2.45) is 0 Å². The minimum atomic E-state index is -5.10. The highest BCUT2D eigenvalue weighted by Gasteiger charge is 2.36. The van der Waals surface area contributed by atoms with Gasteiger partial charge in [-0.15, -0.1) is 13.2 Å². The number of aromatic nitrogens is 1. The lowest BCUT2D eigenvalue weighted by Crippen LogP contribution is -2.18. The number of nitro groups is 1. The molecule has 12 heteroatoms. The van der Waals surface area contributed by atoms with E-state index in [9.17, 15) is 31.7 Å². The Kier molecular flexibility index (Phi) is 3.91. The van der Waals surface area contributed by atoms with E-state index < -0.39 is 42.4 Å². The minimum Gasteiger partial charge on any atom is -0.404 e. The number of alkyl halides is 3. The summed E-state index contributed by atoms with van der Waals surface area (Å²) in [5.41, 5.74) is -1.83. The average Bonchev–Trinajstić information content (AvgIpc) is 2.16. The van der Waals surface area contributed by atoms with Crippen LogP contribution >= 0.6 is 10.7 Å². The van der Waals surface area contributed by atoms with Crippen molar-refractivity contribution in [3.8, 4) is 5.75 Å². The molecule has 1 aromatic heterocycles. The second kappa shape index (κ2) is 4.81. The highest BCUT2D eigenvalue weighted by Crippen LogP contribution is 2.35. The summed E-state index contributed by atoms with van der Waals surface area (Å²) in [6.07, 6.45) is -4.70. The first-order valence-electron chi connectivity index (χ1n) is 4.28. The van der Waals surface area contributed by atoms with Gasteiger partial charge in [-0.3, -0.25) is 10.1 Å². The molecule has 19 heavy (non-hydrogen) atoms. The van der Waals surface area contributed by atoms with Crippen LogP contribution in [0.1, 0.15) is 5.56 Å². The Labute approximate surface area is 108 Å². The van der Waals surface area contributed by atoms with E-state index in [1.165, 1.54) is 0 Å². The largest absolute Gasteiger partial charge is 0.573 e. The zero-order chi connectivity index (χ0) is 15.0. The number of hydrogen-bond acceptors (Lipinski definition) is 6. The maximum atomic E-state index is 12.0. The van der Waals surface area contributed by atoms with Gasteiger partial charge in [-0.05, 0) is 6.92 Å². The second-order valence-electron chi connectivity index (χ2n) is 3.14. The van der Waals surface area contributed by atoms with Crippen molar-refractivity contribution >= 4 is 25.4 Å². The van der Waals surface area contributed by atoms with Gasteiger partial charge in [0.25, 0.3) is 9.05 Å².